The van der Waals surface area contributed by atoms with E-state index >= 15 is 0 Å². The van der Waals surface area contributed by atoms with Crippen molar-refractivity contribution in [2.45, 2.75) is 0 Å². The molecular formula is C66H42BN3O4. The van der Waals surface area contributed by atoms with Crippen molar-refractivity contribution in [3.63, 3.8) is 0 Å². The fraction of sp³-hybridized carbons (Fsp3) is 0. The van der Waals surface area contributed by atoms with Crippen LogP contribution in [-0.4, -0.2) is 6.71 Å². The molecule has 13 aromatic rings. The van der Waals surface area contributed by atoms with Gasteiger partial charge in [0.2, 0.25) is 0 Å². The van der Waals surface area contributed by atoms with Crippen molar-refractivity contribution in [2.24, 2.45) is 0 Å². The normalized spacial score (nSPS) is 12.2. The second-order valence-electron chi connectivity index (χ2n) is 18.8. The molecule has 4 heterocycles. The van der Waals surface area contributed by atoms with Gasteiger partial charge in [-0.05, 0) is 132 Å². The molecule has 0 spiro atoms. The minimum Gasteiger partial charge on any atom is -0.458 e. The van der Waals surface area contributed by atoms with Gasteiger partial charge in [-0.3, -0.25) is 0 Å². The quantitative estimate of drug-likeness (QED) is 0.134. The molecule has 0 amide bonds. The van der Waals surface area contributed by atoms with E-state index in [2.05, 4.69) is 233 Å². The number of nitrogens with zero attached hydrogens (tertiary/aromatic N) is 3. The van der Waals surface area contributed by atoms with E-state index in [0.29, 0.717) is 0 Å². The largest absolute Gasteiger partial charge is 0.458 e. The number of para-hydroxylation sites is 6. The average molecular weight is 952 g/mol. The fourth-order valence-corrected chi connectivity index (χ4v) is 11.2. The molecule has 0 atom stereocenters. The monoisotopic (exact) mass is 951 g/mol. The van der Waals surface area contributed by atoms with Crippen molar-refractivity contribution < 1.29 is 18.3 Å². The van der Waals surface area contributed by atoms with Crippen LogP contribution in [0.5, 0.6) is 23.0 Å². The molecule has 2 aliphatic heterocycles. The van der Waals surface area contributed by atoms with Crippen molar-refractivity contribution in [2.75, 3.05) is 14.7 Å². The smallest absolute Gasteiger partial charge is 0.261 e. The first-order valence-corrected chi connectivity index (χ1v) is 24.9. The van der Waals surface area contributed by atoms with Crippen LogP contribution in [-0.2, 0) is 0 Å². The summed E-state index contributed by atoms with van der Waals surface area (Å²) in [5, 5.41) is 3.96. The maximum absolute atomic E-state index is 7.17. The highest BCUT2D eigenvalue weighted by atomic mass is 16.5. The Kier molecular flexibility index (Phi) is 9.53. The highest BCUT2D eigenvalue weighted by molar-refractivity contribution is 6.98. The van der Waals surface area contributed by atoms with Gasteiger partial charge in [-0.2, -0.15) is 0 Å². The molecule has 7 nitrogen and oxygen atoms in total. The summed E-state index contributed by atoms with van der Waals surface area (Å²) in [5.74, 6) is 2.97. The van der Waals surface area contributed by atoms with Crippen LogP contribution in [0.4, 0.5) is 51.2 Å². The highest BCUT2D eigenvalue weighted by Crippen LogP contribution is 2.46. The van der Waals surface area contributed by atoms with Gasteiger partial charge in [-0.1, -0.05) is 109 Å². The molecular weight excluding hydrogens is 910 g/mol. The molecule has 0 bridgehead atoms. The molecule has 8 heteroatoms. The lowest BCUT2D eigenvalue weighted by Crippen LogP contribution is -2.57. The predicted molar refractivity (Wildman–Crippen MR) is 303 cm³/mol. The molecule has 0 fully saturated rings. The van der Waals surface area contributed by atoms with Gasteiger partial charge in [-0.25, -0.2) is 0 Å². The molecule has 0 saturated heterocycles. The van der Waals surface area contributed by atoms with Crippen LogP contribution >= 0.6 is 0 Å². The first-order chi connectivity index (χ1) is 36.7. The summed E-state index contributed by atoms with van der Waals surface area (Å²) in [7, 11) is 0. The molecule has 0 radical (unpaired) electrons. The Hall–Kier alpha value is -9.92. The van der Waals surface area contributed by atoms with E-state index in [9.17, 15) is 0 Å². The van der Waals surface area contributed by atoms with Crippen LogP contribution in [0.2, 0.25) is 0 Å². The Morgan fingerprint density at radius 1 is 0.243 bits per heavy atom. The standard InChI is InChI=1S/C66H42BN3O4/c1-7-19-43(20-8-1)68(44-21-9-2-10-22-44)49-31-33-52-54-39-62-56(41-60(54)71-58(52)35-49)67-57-42-61-55(53-34-32-50(36-59(53)72-61)69(45-23-11-3-12-24-45)46-25-13-4-14-26-46)40-63(57)74-65-38-51(37-64(73-62)66(65)67)70(47-27-15-5-16-28-47)48-29-17-6-18-30-48/h1-42H. The first kappa shape index (κ1) is 41.8. The summed E-state index contributed by atoms with van der Waals surface area (Å²) in [6, 6.07) is 88.6. The van der Waals surface area contributed by atoms with Crippen LogP contribution in [0.3, 0.4) is 0 Å². The van der Waals surface area contributed by atoms with Crippen molar-refractivity contribution >= 4 is 118 Å². The van der Waals surface area contributed by atoms with Gasteiger partial charge in [0.15, 0.2) is 0 Å². The zero-order valence-corrected chi connectivity index (χ0v) is 39.8. The van der Waals surface area contributed by atoms with Crippen LogP contribution in [0.15, 0.2) is 264 Å². The molecule has 0 N–H and O–H groups in total. The summed E-state index contributed by atoms with van der Waals surface area (Å²) >= 11 is 0. The molecule has 2 aromatic heterocycles. The Bertz CT molecular complexity index is 3910. The topological polar surface area (TPSA) is 54.5 Å². The van der Waals surface area contributed by atoms with E-state index in [1.807, 2.05) is 36.4 Å². The highest BCUT2D eigenvalue weighted by Gasteiger charge is 2.42. The molecule has 0 aliphatic carbocycles. The second-order valence-corrected chi connectivity index (χ2v) is 18.8. The maximum atomic E-state index is 7.17. The summed E-state index contributed by atoms with van der Waals surface area (Å²) in [4.78, 5) is 6.76. The van der Waals surface area contributed by atoms with Crippen LogP contribution in [0.1, 0.15) is 0 Å². The van der Waals surface area contributed by atoms with Crippen LogP contribution in [0.25, 0.3) is 43.9 Å². The average Bonchev–Trinajstić information content (AvgIpc) is 4.00. The lowest BCUT2D eigenvalue weighted by molar-refractivity contribution is 0.465. The van der Waals surface area contributed by atoms with Gasteiger partial charge in [0.25, 0.3) is 6.71 Å². The Labute approximate surface area is 427 Å². The van der Waals surface area contributed by atoms with E-state index in [-0.39, 0.29) is 6.71 Å². The van der Waals surface area contributed by atoms with E-state index in [1.54, 1.807) is 0 Å². The number of hydrogen-bond acceptors (Lipinski definition) is 7. The minimum atomic E-state index is -0.275. The number of fused-ring (bicyclic) bond motifs is 10. The van der Waals surface area contributed by atoms with E-state index in [1.165, 1.54) is 0 Å². The number of hydrogen-bond donors (Lipinski definition) is 0. The first-order valence-electron chi connectivity index (χ1n) is 24.9. The van der Waals surface area contributed by atoms with E-state index in [0.717, 1.165) is 134 Å². The predicted octanol–water partition coefficient (Wildman–Crippen LogP) is 16.6. The number of anilines is 9. The van der Waals surface area contributed by atoms with Crippen molar-refractivity contribution in [1.82, 2.24) is 0 Å². The van der Waals surface area contributed by atoms with Gasteiger partial charge in [0.1, 0.15) is 45.3 Å². The lowest BCUT2D eigenvalue weighted by atomic mass is 9.34. The number of ether oxygens (including phenoxy) is 2. The van der Waals surface area contributed by atoms with Gasteiger partial charge < -0.3 is 33.0 Å². The maximum Gasteiger partial charge on any atom is 0.261 e. The number of rotatable bonds is 9. The van der Waals surface area contributed by atoms with Crippen LogP contribution in [0, 0.1) is 0 Å². The van der Waals surface area contributed by atoms with Crippen molar-refractivity contribution in [3.05, 3.63) is 255 Å². The number of benzene rings is 11. The fourth-order valence-electron chi connectivity index (χ4n) is 11.2. The van der Waals surface area contributed by atoms with Crippen LogP contribution < -0.4 is 40.6 Å². The Morgan fingerprint density at radius 2 is 0.554 bits per heavy atom. The third-order valence-corrected chi connectivity index (χ3v) is 14.5. The summed E-state index contributed by atoms with van der Waals surface area (Å²) in [5.41, 5.74) is 15.2. The Balaban J connectivity index is 0.912. The zero-order valence-electron chi connectivity index (χ0n) is 39.8. The van der Waals surface area contributed by atoms with E-state index in [4.69, 9.17) is 18.3 Å². The second kappa shape index (κ2) is 16.9. The van der Waals surface area contributed by atoms with Gasteiger partial charge >= 0.3 is 0 Å². The Morgan fingerprint density at radius 3 is 0.892 bits per heavy atom. The van der Waals surface area contributed by atoms with E-state index < -0.39 is 0 Å². The van der Waals surface area contributed by atoms with Gasteiger partial charge in [0, 0.05) is 96.8 Å². The lowest BCUT2D eigenvalue weighted by Gasteiger charge is -2.35. The summed E-state index contributed by atoms with van der Waals surface area (Å²) < 4.78 is 28.1. The van der Waals surface area contributed by atoms with Crippen molar-refractivity contribution in [3.8, 4) is 23.0 Å². The molecule has 2 aliphatic rings. The third-order valence-electron chi connectivity index (χ3n) is 14.5. The van der Waals surface area contributed by atoms with Gasteiger partial charge in [0.05, 0.1) is 5.69 Å². The van der Waals surface area contributed by atoms with Gasteiger partial charge in [-0.15, -0.1) is 0 Å². The molecule has 74 heavy (non-hydrogen) atoms. The molecule has 348 valence electrons. The number of furan rings is 2. The summed E-state index contributed by atoms with van der Waals surface area (Å²) in [6.45, 7) is -0.275. The SMILES string of the molecule is c1ccc(N(c2ccccc2)c2cc3c4c(c2)Oc2cc5c(cc2B4c2cc4oc6cc(N(c7ccccc7)c7ccccc7)ccc6c4cc2O3)oc2cc(N(c3ccccc3)c3ccccc3)ccc25)cc1. The molecule has 0 saturated carbocycles. The van der Waals surface area contributed by atoms with Crippen molar-refractivity contribution in [1.29, 1.82) is 0 Å². The third kappa shape index (κ3) is 6.84. The molecule has 0 unspecified atom stereocenters. The molecule has 15 rings (SSSR count). The zero-order chi connectivity index (χ0) is 48.7. The molecule has 11 aromatic carbocycles. The summed E-state index contributed by atoms with van der Waals surface area (Å²) in [6.07, 6.45) is 0. The minimum absolute atomic E-state index is 0.275.